The lowest BCUT2D eigenvalue weighted by Gasteiger charge is -2.22. The van der Waals surface area contributed by atoms with E-state index in [1.165, 1.54) is 18.4 Å². The van der Waals surface area contributed by atoms with Crippen molar-refractivity contribution in [1.29, 1.82) is 0 Å². The molecule has 124 valence electrons. The number of aliphatic imine (C=N–C) groups is 1. The van der Waals surface area contributed by atoms with Crippen LogP contribution in [0.5, 0.6) is 0 Å². The van der Waals surface area contributed by atoms with Crippen molar-refractivity contribution in [2.24, 2.45) is 16.6 Å². The zero-order valence-corrected chi connectivity index (χ0v) is 16.4. The van der Waals surface area contributed by atoms with Crippen LogP contribution in [0.25, 0.3) is 0 Å². The van der Waals surface area contributed by atoms with E-state index < -0.39 is 0 Å². The van der Waals surface area contributed by atoms with Crippen molar-refractivity contribution in [3.8, 4) is 0 Å². The number of likely N-dealkylation sites (N-methyl/N-ethyl adjacent to an activating group) is 1. The molecule has 1 unspecified atom stereocenters. The Balaban J connectivity index is 0.00000242. The van der Waals surface area contributed by atoms with Gasteiger partial charge in [-0.05, 0) is 56.5 Å². The Labute approximate surface area is 151 Å². The van der Waals surface area contributed by atoms with Gasteiger partial charge in [0.05, 0.1) is 6.54 Å². The van der Waals surface area contributed by atoms with E-state index in [0.29, 0.717) is 17.9 Å². The molecule has 4 nitrogen and oxygen atoms in total. The molecule has 0 aromatic heterocycles. The number of halogens is 1. The van der Waals surface area contributed by atoms with Crippen molar-refractivity contribution in [2.75, 3.05) is 26.0 Å². The van der Waals surface area contributed by atoms with Gasteiger partial charge in [-0.25, -0.2) is 0 Å². The summed E-state index contributed by atoms with van der Waals surface area (Å²) in [5.41, 5.74) is 8.33. The fraction of sp³-hybridized carbons (Fsp3) is 0.588. The molecule has 0 bridgehead atoms. The molecule has 0 amide bonds. The maximum absolute atomic E-state index is 6.02. The van der Waals surface area contributed by atoms with Gasteiger partial charge in [-0.2, -0.15) is 0 Å². The fourth-order valence-corrected chi connectivity index (χ4v) is 2.57. The van der Waals surface area contributed by atoms with Crippen LogP contribution in [0.4, 0.5) is 5.69 Å². The molecule has 3 N–H and O–H groups in total. The van der Waals surface area contributed by atoms with E-state index in [2.05, 4.69) is 61.4 Å². The van der Waals surface area contributed by atoms with Crippen LogP contribution in [0, 0.1) is 5.92 Å². The Morgan fingerprint density at radius 3 is 2.59 bits per heavy atom. The third kappa shape index (κ3) is 5.76. The molecule has 0 heterocycles. The number of benzene rings is 1. The van der Waals surface area contributed by atoms with Crippen molar-refractivity contribution in [3.05, 3.63) is 29.8 Å². The highest BCUT2D eigenvalue weighted by Gasteiger charge is 2.32. The fourth-order valence-electron chi connectivity index (χ4n) is 2.57. The van der Waals surface area contributed by atoms with Gasteiger partial charge >= 0.3 is 0 Å². The van der Waals surface area contributed by atoms with E-state index in [1.54, 1.807) is 0 Å². The molecule has 1 fully saturated rings. The molecule has 0 spiro atoms. The molecule has 1 aromatic rings. The second-order valence-electron chi connectivity index (χ2n) is 6.50. The lowest BCUT2D eigenvalue weighted by molar-refractivity contribution is 0.271. The van der Waals surface area contributed by atoms with Crippen LogP contribution >= 0.6 is 24.0 Å². The Morgan fingerprint density at radius 1 is 1.36 bits per heavy atom. The normalized spacial score (nSPS) is 16.5. The van der Waals surface area contributed by atoms with Crippen LogP contribution < -0.4 is 11.1 Å². The van der Waals surface area contributed by atoms with Crippen LogP contribution in [0.1, 0.15) is 38.2 Å². The minimum Gasteiger partial charge on any atom is -0.370 e. The van der Waals surface area contributed by atoms with Crippen molar-refractivity contribution in [1.82, 2.24) is 4.90 Å². The molecular formula is C17H29IN4. The highest BCUT2D eigenvalue weighted by molar-refractivity contribution is 14.0. The largest absolute Gasteiger partial charge is 0.370 e. The summed E-state index contributed by atoms with van der Waals surface area (Å²) >= 11 is 0. The van der Waals surface area contributed by atoms with Crippen molar-refractivity contribution < 1.29 is 0 Å². The summed E-state index contributed by atoms with van der Waals surface area (Å²) < 4.78 is 0. The summed E-state index contributed by atoms with van der Waals surface area (Å²) in [6, 6.07) is 8.86. The number of guanidine groups is 1. The predicted octanol–water partition coefficient (Wildman–Crippen LogP) is 3.49. The van der Waals surface area contributed by atoms with Crippen LogP contribution in [0.2, 0.25) is 0 Å². The molecule has 0 saturated heterocycles. The molecule has 0 radical (unpaired) electrons. The number of nitrogens with two attached hydrogens (primary N) is 1. The molecule has 1 saturated carbocycles. The highest BCUT2D eigenvalue weighted by Crippen LogP contribution is 2.34. The average molecular weight is 416 g/mol. The monoisotopic (exact) mass is 416 g/mol. The van der Waals surface area contributed by atoms with E-state index >= 15 is 0 Å². The Hall–Kier alpha value is -0.820. The SMILES string of the molecule is CC(C)c1cccc(NC(N)=NCC(C2CC2)N(C)C)c1.I. The third-order valence-corrected chi connectivity index (χ3v) is 4.10. The molecule has 1 aliphatic carbocycles. The standard InChI is InChI=1S/C17H28N4.HI/c1-12(2)14-6-5-7-15(10-14)20-17(18)19-11-16(21(3)4)13-8-9-13;/h5-7,10,12-13,16H,8-9,11H2,1-4H3,(H3,18,19,20);1H. The Morgan fingerprint density at radius 2 is 2.05 bits per heavy atom. The summed E-state index contributed by atoms with van der Waals surface area (Å²) in [7, 11) is 4.24. The number of anilines is 1. The number of hydrogen-bond acceptors (Lipinski definition) is 2. The van der Waals surface area contributed by atoms with Crippen LogP contribution in [0.3, 0.4) is 0 Å². The van der Waals surface area contributed by atoms with Gasteiger partial charge in [0.25, 0.3) is 0 Å². The van der Waals surface area contributed by atoms with E-state index in [4.69, 9.17) is 5.73 Å². The molecule has 1 aromatic carbocycles. The lowest BCUT2D eigenvalue weighted by atomic mass is 10.0. The molecule has 0 aliphatic heterocycles. The van der Waals surface area contributed by atoms with Gasteiger partial charge in [0.1, 0.15) is 0 Å². The first-order chi connectivity index (χ1) is 9.97. The molecule has 2 rings (SSSR count). The Kier molecular flexibility index (Phi) is 7.62. The van der Waals surface area contributed by atoms with Gasteiger partial charge in [-0.3, -0.25) is 4.99 Å². The maximum atomic E-state index is 6.02. The number of rotatable bonds is 6. The molecule has 1 aliphatic rings. The minimum atomic E-state index is 0. The van der Waals surface area contributed by atoms with Crippen LogP contribution in [-0.4, -0.2) is 37.5 Å². The van der Waals surface area contributed by atoms with Gasteiger partial charge in [0.2, 0.25) is 0 Å². The van der Waals surface area contributed by atoms with Gasteiger partial charge < -0.3 is 16.0 Å². The van der Waals surface area contributed by atoms with E-state index in [9.17, 15) is 0 Å². The summed E-state index contributed by atoms with van der Waals surface area (Å²) in [6.07, 6.45) is 2.64. The number of nitrogens with one attached hydrogen (secondary N) is 1. The quantitative estimate of drug-likeness (QED) is 0.424. The molecule has 5 heteroatoms. The summed E-state index contributed by atoms with van der Waals surface area (Å²) in [6.45, 7) is 5.14. The molecule has 22 heavy (non-hydrogen) atoms. The third-order valence-electron chi connectivity index (χ3n) is 4.10. The highest BCUT2D eigenvalue weighted by atomic mass is 127. The van der Waals surface area contributed by atoms with E-state index in [-0.39, 0.29) is 24.0 Å². The molecular weight excluding hydrogens is 387 g/mol. The topological polar surface area (TPSA) is 53.6 Å². The summed E-state index contributed by atoms with van der Waals surface area (Å²) in [5, 5.41) is 3.20. The number of nitrogens with zero attached hydrogens (tertiary/aromatic N) is 2. The molecule has 1 atom stereocenters. The second kappa shape index (κ2) is 8.72. The van der Waals surface area contributed by atoms with Gasteiger partial charge in [-0.1, -0.05) is 26.0 Å². The van der Waals surface area contributed by atoms with Gasteiger partial charge in [0, 0.05) is 11.7 Å². The predicted molar refractivity (Wildman–Crippen MR) is 106 cm³/mol. The second-order valence-corrected chi connectivity index (χ2v) is 6.50. The first-order valence-electron chi connectivity index (χ1n) is 7.80. The van der Waals surface area contributed by atoms with Crippen molar-refractivity contribution >= 4 is 35.6 Å². The van der Waals surface area contributed by atoms with Crippen molar-refractivity contribution in [2.45, 2.75) is 38.6 Å². The van der Waals surface area contributed by atoms with Crippen LogP contribution in [-0.2, 0) is 0 Å². The first kappa shape index (κ1) is 19.2. The summed E-state index contributed by atoms with van der Waals surface area (Å²) in [5.74, 6) is 1.81. The average Bonchev–Trinajstić information content (AvgIpc) is 3.23. The van der Waals surface area contributed by atoms with Gasteiger partial charge in [-0.15, -0.1) is 24.0 Å². The van der Waals surface area contributed by atoms with Gasteiger partial charge in [0.15, 0.2) is 5.96 Å². The number of hydrogen-bond donors (Lipinski definition) is 2. The van der Waals surface area contributed by atoms with E-state index in [0.717, 1.165) is 18.2 Å². The zero-order chi connectivity index (χ0) is 15.4. The minimum absolute atomic E-state index is 0. The summed E-state index contributed by atoms with van der Waals surface area (Å²) in [4.78, 5) is 6.78. The lowest BCUT2D eigenvalue weighted by Crippen LogP contribution is -2.34. The maximum Gasteiger partial charge on any atom is 0.193 e. The Bertz CT molecular complexity index is 493. The smallest absolute Gasteiger partial charge is 0.193 e. The van der Waals surface area contributed by atoms with E-state index in [1.807, 2.05) is 6.07 Å². The zero-order valence-electron chi connectivity index (χ0n) is 14.0. The van der Waals surface area contributed by atoms with Crippen molar-refractivity contribution in [3.63, 3.8) is 0 Å². The first-order valence-corrected chi connectivity index (χ1v) is 7.80. The van der Waals surface area contributed by atoms with Crippen LogP contribution in [0.15, 0.2) is 29.3 Å².